The van der Waals surface area contributed by atoms with Gasteiger partial charge in [-0.15, -0.1) is 0 Å². The topological polar surface area (TPSA) is 77.5 Å². The minimum atomic E-state index is -0.197. The minimum absolute atomic E-state index is 0.0418. The van der Waals surface area contributed by atoms with Gasteiger partial charge in [0.2, 0.25) is 0 Å². The molecule has 0 spiro atoms. The molecule has 1 aromatic heterocycles. The molecule has 1 aromatic rings. The van der Waals surface area contributed by atoms with Gasteiger partial charge in [-0.25, -0.2) is 9.78 Å². The number of nitrogens with one attached hydrogen (secondary N) is 2. The summed E-state index contributed by atoms with van der Waals surface area (Å²) in [6.07, 6.45) is 7.18. The molecule has 2 amide bonds. The Morgan fingerprint density at radius 1 is 1.42 bits per heavy atom. The van der Waals surface area contributed by atoms with Crippen molar-refractivity contribution in [2.75, 3.05) is 24.6 Å². The fraction of sp³-hybridized carbons (Fsp3) is 0.667. The summed E-state index contributed by atoms with van der Waals surface area (Å²) in [6, 6.07) is 3.87. The Hall–Kier alpha value is -1.82. The van der Waals surface area contributed by atoms with Gasteiger partial charge in [-0.1, -0.05) is 13.3 Å². The zero-order chi connectivity index (χ0) is 17.0. The van der Waals surface area contributed by atoms with Gasteiger partial charge in [-0.2, -0.15) is 0 Å². The number of aliphatic hydroxyl groups excluding tert-OH is 1. The lowest BCUT2D eigenvalue weighted by atomic mass is 9.86. The lowest BCUT2D eigenvalue weighted by molar-refractivity contribution is 0.121. The molecular formula is C18H28N4O2. The van der Waals surface area contributed by atoms with Crippen LogP contribution >= 0.6 is 0 Å². The molecule has 6 nitrogen and oxygen atoms in total. The normalized spacial score (nSPS) is 26.6. The molecule has 2 atom stereocenters. The van der Waals surface area contributed by atoms with Crippen molar-refractivity contribution in [1.82, 2.24) is 15.6 Å². The lowest BCUT2D eigenvalue weighted by Crippen LogP contribution is -2.48. The van der Waals surface area contributed by atoms with Gasteiger partial charge >= 0.3 is 6.03 Å². The number of nitrogens with zero attached hydrogens (tertiary/aromatic N) is 2. The van der Waals surface area contributed by atoms with Crippen molar-refractivity contribution in [1.29, 1.82) is 0 Å². The van der Waals surface area contributed by atoms with E-state index in [0.717, 1.165) is 43.7 Å². The second-order valence-electron chi connectivity index (χ2n) is 7.30. The first-order chi connectivity index (χ1) is 11.6. The SMILES string of the molecule is CC1(CO)CCCC1NC(=O)NCc1ccnc(N2CCCC2)c1. The zero-order valence-electron chi connectivity index (χ0n) is 14.4. The van der Waals surface area contributed by atoms with Crippen molar-refractivity contribution in [2.24, 2.45) is 5.41 Å². The third-order valence-electron chi connectivity index (χ3n) is 5.44. The van der Waals surface area contributed by atoms with E-state index in [1.54, 1.807) is 0 Å². The summed E-state index contributed by atoms with van der Waals surface area (Å²) >= 11 is 0. The second kappa shape index (κ2) is 7.38. The number of amides is 2. The maximum Gasteiger partial charge on any atom is 0.315 e. The third kappa shape index (κ3) is 3.80. The van der Waals surface area contributed by atoms with E-state index in [1.165, 1.54) is 12.8 Å². The van der Waals surface area contributed by atoms with E-state index in [1.807, 2.05) is 19.2 Å². The Morgan fingerprint density at radius 3 is 2.96 bits per heavy atom. The van der Waals surface area contributed by atoms with Gasteiger partial charge in [-0.3, -0.25) is 0 Å². The molecule has 2 fully saturated rings. The number of carbonyl (C=O) groups is 1. The molecule has 1 saturated heterocycles. The molecule has 2 aliphatic rings. The van der Waals surface area contributed by atoms with Crippen LogP contribution in [0.2, 0.25) is 0 Å². The van der Waals surface area contributed by atoms with Gasteiger partial charge in [0, 0.05) is 37.3 Å². The van der Waals surface area contributed by atoms with Crippen molar-refractivity contribution in [3.8, 4) is 0 Å². The minimum Gasteiger partial charge on any atom is -0.396 e. The molecule has 6 heteroatoms. The van der Waals surface area contributed by atoms with Crippen LogP contribution in [0, 0.1) is 5.41 Å². The molecule has 132 valence electrons. The number of pyridine rings is 1. The van der Waals surface area contributed by atoms with E-state index in [2.05, 4.69) is 26.6 Å². The number of aromatic nitrogens is 1. The Morgan fingerprint density at radius 2 is 2.21 bits per heavy atom. The van der Waals surface area contributed by atoms with Crippen molar-refractivity contribution >= 4 is 11.8 Å². The van der Waals surface area contributed by atoms with Crippen LogP contribution in [0.3, 0.4) is 0 Å². The maximum absolute atomic E-state index is 12.2. The summed E-state index contributed by atoms with van der Waals surface area (Å²) in [4.78, 5) is 18.9. The number of hydrogen-bond donors (Lipinski definition) is 3. The highest BCUT2D eigenvalue weighted by Crippen LogP contribution is 2.37. The fourth-order valence-corrected chi connectivity index (χ4v) is 3.75. The molecule has 0 radical (unpaired) electrons. The van der Waals surface area contributed by atoms with Crippen molar-refractivity contribution in [2.45, 2.75) is 51.6 Å². The average Bonchev–Trinajstić information content (AvgIpc) is 3.25. The van der Waals surface area contributed by atoms with Gasteiger partial charge in [-0.05, 0) is 43.4 Å². The molecule has 24 heavy (non-hydrogen) atoms. The lowest BCUT2D eigenvalue weighted by Gasteiger charge is -2.30. The Balaban J connectivity index is 1.52. The summed E-state index contributed by atoms with van der Waals surface area (Å²) in [5.41, 5.74) is 0.857. The van der Waals surface area contributed by atoms with E-state index in [4.69, 9.17) is 0 Å². The van der Waals surface area contributed by atoms with Gasteiger partial charge in [0.15, 0.2) is 0 Å². The largest absolute Gasteiger partial charge is 0.396 e. The Kier molecular flexibility index (Phi) is 5.23. The first-order valence-corrected chi connectivity index (χ1v) is 8.96. The van der Waals surface area contributed by atoms with Crippen LogP contribution in [0.5, 0.6) is 0 Å². The monoisotopic (exact) mass is 332 g/mol. The molecule has 3 N–H and O–H groups in total. The predicted octanol–water partition coefficient (Wildman–Crippen LogP) is 2.03. The molecular weight excluding hydrogens is 304 g/mol. The standard InChI is InChI=1S/C18H28N4O2/c1-18(13-23)7-4-5-15(18)21-17(24)20-12-14-6-8-19-16(11-14)22-9-2-3-10-22/h6,8,11,15,23H,2-5,7,9-10,12-13H2,1H3,(H2,20,21,24). The first kappa shape index (κ1) is 17.0. The van der Waals surface area contributed by atoms with Crippen molar-refractivity contribution in [3.05, 3.63) is 23.9 Å². The third-order valence-corrected chi connectivity index (χ3v) is 5.44. The number of rotatable bonds is 5. The van der Waals surface area contributed by atoms with Crippen LogP contribution in [0.25, 0.3) is 0 Å². The predicted molar refractivity (Wildman–Crippen MR) is 93.9 cm³/mol. The van der Waals surface area contributed by atoms with Crippen molar-refractivity contribution < 1.29 is 9.90 Å². The highest BCUT2D eigenvalue weighted by atomic mass is 16.3. The van der Waals surface area contributed by atoms with E-state index < -0.39 is 0 Å². The van der Waals surface area contributed by atoms with Gasteiger partial charge in [0.25, 0.3) is 0 Å². The highest BCUT2D eigenvalue weighted by Gasteiger charge is 2.39. The number of anilines is 1. The molecule has 0 aromatic carbocycles. The van der Waals surface area contributed by atoms with Crippen LogP contribution < -0.4 is 15.5 Å². The fourth-order valence-electron chi connectivity index (χ4n) is 3.75. The molecule has 1 saturated carbocycles. The molecule has 1 aliphatic heterocycles. The summed E-state index contributed by atoms with van der Waals surface area (Å²) in [7, 11) is 0. The van der Waals surface area contributed by atoms with Crippen LogP contribution in [0.1, 0.15) is 44.6 Å². The molecule has 1 aliphatic carbocycles. The smallest absolute Gasteiger partial charge is 0.315 e. The van der Waals surface area contributed by atoms with Crippen molar-refractivity contribution in [3.63, 3.8) is 0 Å². The zero-order valence-corrected chi connectivity index (χ0v) is 14.4. The molecule has 3 rings (SSSR count). The molecule has 2 heterocycles. The number of urea groups is 1. The van der Waals surface area contributed by atoms with E-state index in [-0.39, 0.29) is 24.1 Å². The van der Waals surface area contributed by atoms with Gasteiger partial charge < -0.3 is 20.6 Å². The van der Waals surface area contributed by atoms with E-state index in [9.17, 15) is 9.90 Å². The highest BCUT2D eigenvalue weighted by molar-refractivity contribution is 5.74. The van der Waals surface area contributed by atoms with Gasteiger partial charge in [0.1, 0.15) is 5.82 Å². The molecule has 2 unspecified atom stereocenters. The number of aliphatic hydroxyl groups is 1. The quantitative estimate of drug-likeness (QED) is 0.771. The Labute approximate surface area is 143 Å². The first-order valence-electron chi connectivity index (χ1n) is 8.96. The number of hydrogen-bond acceptors (Lipinski definition) is 4. The second-order valence-corrected chi connectivity index (χ2v) is 7.30. The summed E-state index contributed by atoms with van der Waals surface area (Å²) in [5, 5.41) is 15.5. The van der Waals surface area contributed by atoms with Gasteiger partial charge in [0.05, 0.1) is 6.61 Å². The average molecular weight is 332 g/mol. The van der Waals surface area contributed by atoms with Crippen LogP contribution in [0.15, 0.2) is 18.3 Å². The number of carbonyl (C=O) groups excluding carboxylic acids is 1. The maximum atomic E-state index is 12.2. The van der Waals surface area contributed by atoms with E-state index >= 15 is 0 Å². The Bertz CT molecular complexity index is 574. The van der Waals surface area contributed by atoms with Crippen LogP contribution in [0.4, 0.5) is 10.6 Å². The van der Waals surface area contributed by atoms with Crippen LogP contribution in [-0.4, -0.2) is 41.9 Å². The van der Waals surface area contributed by atoms with Crippen LogP contribution in [-0.2, 0) is 6.54 Å². The molecule has 0 bridgehead atoms. The summed E-state index contributed by atoms with van der Waals surface area (Å²) in [5.74, 6) is 0.996. The summed E-state index contributed by atoms with van der Waals surface area (Å²) in [6.45, 7) is 4.76. The summed E-state index contributed by atoms with van der Waals surface area (Å²) < 4.78 is 0. The van der Waals surface area contributed by atoms with E-state index in [0.29, 0.717) is 6.54 Å².